The fourth-order valence-electron chi connectivity index (χ4n) is 5.15. The maximum absolute atomic E-state index is 13.6. The van der Waals surface area contributed by atoms with Crippen molar-refractivity contribution in [3.8, 4) is 0 Å². The minimum Gasteiger partial charge on any atom is -0.463 e. The number of carbonyl (C=O) groups is 3. The molecule has 5 rings (SSSR count). The van der Waals surface area contributed by atoms with E-state index in [9.17, 15) is 24.5 Å². The van der Waals surface area contributed by atoms with E-state index in [4.69, 9.17) is 9.73 Å². The molecule has 2 aromatic rings. The second kappa shape index (κ2) is 12.0. The van der Waals surface area contributed by atoms with Crippen LogP contribution in [0.25, 0.3) is 5.70 Å². The SMILES string of the molecule is CCOC(=O)C1=C(c2ccccc2)N=C2SC=C(CC(=O)N3CCN(C(C)=O)CC3)N2C1c1cccc([N+](=O)[O-])c1. The molecular weight excluding hydrogens is 546 g/mol. The van der Waals surface area contributed by atoms with Gasteiger partial charge in [-0.15, -0.1) is 0 Å². The summed E-state index contributed by atoms with van der Waals surface area (Å²) in [6.45, 7) is 5.16. The molecule has 3 aliphatic rings. The maximum Gasteiger partial charge on any atom is 0.338 e. The Morgan fingerprint density at radius 2 is 1.76 bits per heavy atom. The van der Waals surface area contributed by atoms with Gasteiger partial charge in [0, 0.05) is 56.5 Å². The normalized spacial score (nSPS) is 18.5. The molecule has 1 unspecified atom stereocenters. The average Bonchev–Trinajstić information content (AvgIpc) is 3.38. The van der Waals surface area contributed by atoms with Crippen LogP contribution in [0.2, 0.25) is 0 Å². The summed E-state index contributed by atoms with van der Waals surface area (Å²) >= 11 is 1.33. The van der Waals surface area contributed by atoms with Crippen LogP contribution in [0.15, 0.2) is 76.3 Å². The summed E-state index contributed by atoms with van der Waals surface area (Å²) in [6.07, 6.45) is 0.0360. The van der Waals surface area contributed by atoms with Crippen LogP contribution in [0.1, 0.15) is 37.4 Å². The van der Waals surface area contributed by atoms with Gasteiger partial charge in [-0.2, -0.15) is 0 Å². The Bertz CT molecular complexity index is 1480. The van der Waals surface area contributed by atoms with Crippen LogP contribution in [0, 0.1) is 10.1 Å². The number of aliphatic imine (C=N–C) groups is 1. The van der Waals surface area contributed by atoms with E-state index in [0.29, 0.717) is 53.9 Å². The Balaban J connectivity index is 1.56. The number of non-ortho nitro benzene ring substituents is 1. The Hall–Kier alpha value is -4.45. The van der Waals surface area contributed by atoms with Crippen molar-refractivity contribution < 1.29 is 24.0 Å². The molecule has 212 valence electrons. The van der Waals surface area contributed by atoms with Crippen LogP contribution in [0.4, 0.5) is 5.69 Å². The number of ether oxygens (including phenoxy) is 1. The molecule has 0 bridgehead atoms. The summed E-state index contributed by atoms with van der Waals surface area (Å²) < 4.78 is 5.49. The molecule has 0 radical (unpaired) electrons. The number of nitro groups is 1. The van der Waals surface area contributed by atoms with Crippen molar-refractivity contribution in [1.29, 1.82) is 0 Å². The third-order valence-corrected chi connectivity index (χ3v) is 8.05. The molecule has 1 fully saturated rings. The first kappa shape index (κ1) is 28.1. The number of amidine groups is 1. The number of nitro benzene ring substituents is 1. The van der Waals surface area contributed by atoms with E-state index in [0.717, 1.165) is 0 Å². The van der Waals surface area contributed by atoms with Gasteiger partial charge in [0.2, 0.25) is 11.8 Å². The second-order valence-electron chi connectivity index (χ2n) is 9.66. The number of amides is 2. The topological polar surface area (TPSA) is 126 Å². The molecule has 0 N–H and O–H groups in total. The predicted molar refractivity (Wildman–Crippen MR) is 154 cm³/mol. The van der Waals surface area contributed by atoms with E-state index >= 15 is 0 Å². The molecule has 2 aromatic carbocycles. The highest BCUT2D eigenvalue weighted by Gasteiger charge is 2.43. The van der Waals surface area contributed by atoms with Gasteiger partial charge >= 0.3 is 5.97 Å². The molecule has 0 spiro atoms. The average molecular weight is 576 g/mol. The highest BCUT2D eigenvalue weighted by molar-refractivity contribution is 8.16. The zero-order valence-corrected chi connectivity index (χ0v) is 23.5. The number of carbonyl (C=O) groups excluding carboxylic acids is 3. The summed E-state index contributed by atoms with van der Waals surface area (Å²) in [5.74, 6) is -0.725. The molecule has 3 heterocycles. The fraction of sp³-hybridized carbons (Fsp3) is 0.310. The second-order valence-corrected chi connectivity index (χ2v) is 10.5. The van der Waals surface area contributed by atoms with Crippen LogP contribution in [-0.2, 0) is 19.1 Å². The van der Waals surface area contributed by atoms with E-state index < -0.39 is 16.9 Å². The van der Waals surface area contributed by atoms with Crippen molar-refractivity contribution in [3.05, 3.63) is 92.5 Å². The van der Waals surface area contributed by atoms with Gasteiger partial charge in [0.05, 0.1) is 35.3 Å². The van der Waals surface area contributed by atoms with E-state index in [-0.39, 0.29) is 36.1 Å². The van der Waals surface area contributed by atoms with Gasteiger partial charge in [0.1, 0.15) is 0 Å². The maximum atomic E-state index is 13.6. The zero-order valence-electron chi connectivity index (χ0n) is 22.7. The van der Waals surface area contributed by atoms with Gasteiger partial charge in [-0.25, -0.2) is 9.79 Å². The molecular formula is C29H29N5O6S. The number of fused-ring (bicyclic) bond motifs is 1. The number of piperazine rings is 1. The quantitative estimate of drug-likeness (QED) is 0.276. The van der Waals surface area contributed by atoms with Gasteiger partial charge in [-0.3, -0.25) is 19.7 Å². The lowest BCUT2D eigenvalue weighted by atomic mass is 9.91. The molecule has 0 aliphatic carbocycles. The fourth-order valence-corrected chi connectivity index (χ4v) is 6.07. The van der Waals surface area contributed by atoms with Crippen molar-refractivity contribution >= 4 is 46.1 Å². The first-order valence-electron chi connectivity index (χ1n) is 13.3. The monoisotopic (exact) mass is 575 g/mol. The zero-order chi connectivity index (χ0) is 29.1. The molecule has 12 heteroatoms. The molecule has 2 amide bonds. The van der Waals surface area contributed by atoms with E-state index in [1.54, 1.807) is 28.9 Å². The third-order valence-electron chi connectivity index (χ3n) is 7.16. The number of hydrogen-bond donors (Lipinski definition) is 0. The molecule has 1 saturated heterocycles. The van der Waals surface area contributed by atoms with Crippen LogP contribution in [-0.4, -0.2) is 75.4 Å². The molecule has 41 heavy (non-hydrogen) atoms. The van der Waals surface area contributed by atoms with Crippen molar-refractivity contribution in [2.75, 3.05) is 32.8 Å². The van der Waals surface area contributed by atoms with E-state index in [1.165, 1.54) is 30.8 Å². The van der Waals surface area contributed by atoms with Crippen LogP contribution >= 0.6 is 11.8 Å². The lowest BCUT2D eigenvalue weighted by molar-refractivity contribution is -0.384. The summed E-state index contributed by atoms with van der Waals surface area (Å²) in [5, 5.41) is 14.1. The first-order valence-corrected chi connectivity index (χ1v) is 14.1. The van der Waals surface area contributed by atoms with Crippen molar-refractivity contribution in [3.63, 3.8) is 0 Å². The number of thioether (sulfide) groups is 1. The summed E-state index contributed by atoms with van der Waals surface area (Å²) in [5.41, 5.74) is 2.36. The van der Waals surface area contributed by atoms with Crippen LogP contribution in [0.3, 0.4) is 0 Å². The van der Waals surface area contributed by atoms with E-state index in [2.05, 4.69) is 0 Å². The lowest BCUT2D eigenvalue weighted by Crippen LogP contribution is -2.50. The minimum absolute atomic E-state index is 0.0199. The highest BCUT2D eigenvalue weighted by atomic mass is 32.2. The van der Waals surface area contributed by atoms with Gasteiger partial charge in [0.25, 0.3) is 5.69 Å². The van der Waals surface area contributed by atoms with Gasteiger partial charge in [0.15, 0.2) is 5.17 Å². The molecule has 3 aliphatic heterocycles. The van der Waals surface area contributed by atoms with Gasteiger partial charge in [-0.05, 0) is 17.9 Å². The Kier molecular flexibility index (Phi) is 8.20. The van der Waals surface area contributed by atoms with Crippen molar-refractivity contribution in [2.24, 2.45) is 4.99 Å². The van der Waals surface area contributed by atoms with Crippen LogP contribution < -0.4 is 0 Å². The smallest absolute Gasteiger partial charge is 0.338 e. The van der Waals surface area contributed by atoms with Crippen LogP contribution in [0.5, 0.6) is 0 Å². The van der Waals surface area contributed by atoms with Crippen molar-refractivity contribution in [2.45, 2.75) is 26.3 Å². The third kappa shape index (κ3) is 5.73. The molecule has 11 nitrogen and oxygen atoms in total. The highest BCUT2D eigenvalue weighted by Crippen LogP contribution is 2.47. The van der Waals surface area contributed by atoms with Crippen molar-refractivity contribution in [1.82, 2.24) is 14.7 Å². The molecule has 1 atom stereocenters. The summed E-state index contributed by atoms with van der Waals surface area (Å²) in [6, 6.07) is 14.6. The number of nitrogens with zero attached hydrogens (tertiary/aromatic N) is 5. The number of hydrogen-bond acceptors (Lipinski definition) is 9. The summed E-state index contributed by atoms with van der Waals surface area (Å²) in [4.78, 5) is 60.0. The minimum atomic E-state index is -0.819. The Morgan fingerprint density at radius 1 is 1.05 bits per heavy atom. The number of benzene rings is 2. The molecule has 0 saturated carbocycles. The predicted octanol–water partition coefficient (Wildman–Crippen LogP) is 3.95. The molecule has 0 aromatic heterocycles. The largest absolute Gasteiger partial charge is 0.463 e. The van der Waals surface area contributed by atoms with E-state index in [1.807, 2.05) is 40.6 Å². The number of rotatable bonds is 7. The van der Waals surface area contributed by atoms with Gasteiger partial charge < -0.3 is 19.4 Å². The number of esters is 1. The standard InChI is InChI=1S/C29H29N5O6S/c1-3-40-28(37)25-26(20-8-5-4-6-9-20)30-29-33(27(25)21-10-7-11-22(16-21)34(38)39)23(18-41-29)17-24(36)32-14-12-31(13-15-32)19(2)35/h4-11,16,18,27H,3,12-15,17H2,1-2H3. The summed E-state index contributed by atoms with van der Waals surface area (Å²) in [7, 11) is 0. The lowest BCUT2D eigenvalue weighted by Gasteiger charge is -2.38. The van der Waals surface area contributed by atoms with Gasteiger partial charge in [-0.1, -0.05) is 54.2 Å². The Morgan fingerprint density at radius 3 is 2.41 bits per heavy atom. The first-order chi connectivity index (χ1) is 19.8. The Labute approximate surface area is 241 Å².